The van der Waals surface area contributed by atoms with Crippen molar-refractivity contribution in [1.82, 2.24) is 19.9 Å². The lowest BCUT2D eigenvalue weighted by atomic mass is 9.97. The molecular weight excluding hydrogens is 324 g/mol. The molecule has 0 N–H and O–H groups in total. The monoisotopic (exact) mass is 352 g/mol. The lowest BCUT2D eigenvalue weighted by Crippen LogP contribution is -2.50. The summed E-state index contributed by atoms with van der Waals surface area (Å²) < 4.78 is 0. The minimum absolute atomic E-state index is 0.715. The molecule has 6 nitrogen and oxygen atoms in total. The molecule has 2 fully saturated rings. The van der Waals surface area contributed by atoms with Gasteiger partial charge in [-0.25, -0.2) is 9.97 Å². The van der Waals surface area contributed by atoms with Gasteiger partial charge in [0.05, 0.1) is 11.9 Å². The van der Waals surface area contributed by atoms with E-state index in [0.717, 1.165) is 56.6 Å². The number of nitrogens with zero attached hydrogens (tertiary/aromatic N) is 6. The predicted octanol–water partition coefficient (Wildman–Crippen LogP) is 2.22. The summed E-state index contributed by atoms with van der Waals surface area (Å²) in [6, 6.07) is 6.16. The first-order valence-electron chi connectivity index (χ1n) is 9.70. The minimum Gasteiger partial charge on any atom is -0.355 e. The Hall–Kier alpha value is -2.21. The molecule has 0 amide bonds. The molecule has 2 aromatic heterocycles. The lowest BCUT2D eigenvalue weighted by molar-refractivity contribution is 0.205. The minimum atomic E-state index is 0.715. The van der Waals surface area contributed by atoms with Gasteiger partial charge in [0.2, 0.25) is 0 Å². The SMILES string of the molecule is Cc1cncc(N2CCCC(CN3CCN(c4ccccn4)CC3)C2)n1. The van der Waals surface area contributed by atoms with Crippen LogP contribution in [0, 0.1) is 12.8 Å². The number of aromatic nitrogens is 3. The van der Waals surface area contributed by atoms with Gasteiger partial charge in [0, 0.05) is 58.2 Å². The molecule has 0 radical (unpaired) electrons. The Kier molecular flexibility index (Phi) is 5.29. The molecule has 2 saturated heterocycles. The molecule has 0 aliphatic carbocycles. The smallest absolute Gasteiger partial charge is 0.147 e. The maximum absolute atomic E-state index is 4.66. The van der Waals surface area contributed by atoms with E-state index in [2.05, 4.69) is 41.8 Å². The van der Waals surface area contributed by atoms with Crippen LogP contribution in [0.15, 0.2) is 36.8 Å². The maximum Gasteiger partial charge on any atom is 0.147 e. The molecule has 4 heterocycles. The van der Waals surface area contributed by atoms with Crippen molar-refractivity contribution in [3.8, 4) is 0 Å². The van der Waals surface area contributed by atoms with Crippen molar-refractivity contribution in [3.05, 3.63) is 42.5 Å². The van der Waals surface area contributed by atoms with Gasteiger partial charge in [0.15, 0.2) is 0 Å². The highest BCUT2D eigenvalue weighted by atomic mass is 15.3. The summed E-state index contributed by atoms with van der Waals surface area (Å²) in [6.07, 6.45) is 8.17. The van der Waals surface area contributed by atoms with E-state index in [1.807, 2.05) is 31.6 Å². The van der Waals surface area contributed by atoms with Crippen molar-refractivity contribution in [2.24, 2.45) is 5.92 Å². The molecule has 2 aliphatic heterocycles. The van der Waals surface area contributed by atoms with Crippen LogP contribution in [0.5, 0.6) is 0 Å². The second-order valence-electron chi connectivity index (χ2n) is 7.45. The number of piperazine rings is 1. The van der Waals surface area contributed by atoms with E-state index in [9.17, 15) is 0 Å². The highest BCUT2D eigenvalue weighted by Gasteiger charge is 2.25. The number of hydrogen-bond donors (Lipinski definition) is 0. The number of rotatable bonds is 4. The summed E-state index contributed by atoms with van der Waals surface area (Å²) >= 11 is 0. The third-order valence-corrected chi connectivity index (χ3v) is 5.45. The summed E-state index contributed by atoms with van der Waals surface area (Å²) in [4.78, 5) is 20.9. The first-order valence-corrected chi connectivity index (χ1v) is 9.70. The highest BCUT2D eigenvalue weighted by molar-refractivity contribution is 5.38. The zero-order chi connectivity index (χ0) is 17.8. The summed E-state index contributed by atoms with van der Waals surface area (Å²) in [7, 11) is 0. The van der Waals surface area contributed by atoms with Crippen LogP contribution in [0.2, 0.25) is 0 Å². The Bertz CT molecular complexity index is 698. The van der Waals surface area contributed by atoms with Gasteiger partial charge in [-0.3, -0.25) is 9.88 Å². The van der Waals surface area contributed by atoms with E-state index in [1.165, 1.54) is 19.4 Å². The molecule has 0 bridgehead atoms. The first kappa shape index (κ1) is 17.2. The molecular formula is C20H28N6. The fourth-order valence-corrected chi connectivity index (χ4v) is 4.09. The van der Waals surface area contributed by atoms with E-state index in [1.54, 1.807) is 0 Å². The van der Waals surface area contributed by atoms with Crippen LogP contribution in [0.3, 0.4) is 0 Å². The van der Waals surface area contributed by atoms with E-state index in [-0.39, 0.29) is 0 Å². The average molecular weight is 352 g/mol. The second-order valence-corrected chi connectivity index (χ2v) is 7.45. The molecule has 1 atom stereocenters. The Morgan fingerprint density at radius 1 is 1.00 bits per heavy atom. The van der Waals surface area contributed by atoms with Crippen LogP contribution >= 0.6 is 0 Å². The molecule has 138 valence electrons. The van der Waals surface area contributed by atoms with Gasteiger partial charge in [-0.2, -0.15) is 0 Å². The van der Waals surface area contributed by atoms with Crippen molar-refractivity contribution in [2.45, 2.75) is 19.8 Å². The number of aryl methyl sites for hydroxylation is 1. The molecule has 6 heteroatoms. The van der Waals surface area contributed by atoms with Crippen LogP contribution in [0.4, 0.5) is 11.6 Å². The van der Waals surface area contributed by atoms with Gasteiger partial charge in [0.25, 0.3) is 0 Å². The van der Waals surface area contributed by atoms with Gasteiger partial charge in [-0.1, -0.05) is 6.07 Å². The number of pyridine rings is 1. The number of hydrogen-bond acceptors (Lipinski definition) is 6. The fraction of sp³-hybridized carbons (Fsp3) is 0.550. The molecule has 2 aromatic rings. The summed E-state index contributed by atoms with van der Waals surface area (Å²) in [6.45, 7) is 9.77. The average Bonchev–Trinajstić information content (AvgIpc) is 2.69. The molecule has 0 aromatic carbocycles. The van der Waals surface area contributed by atoms with Crippen molar-refractivity contribution < 1.29 is 0 Å². The van der Waals surface area contributed by atoms with Crippen molar-refractivity contribution in [2.75, 3.05) is 55.6 Å². The molecule has 0 spiro atoms. The van der Waals surface area contributed by atoms with Crippen LogP contribution in [-0.4, -0.2) is 65.7 Å². The fourth-order valence-electron chi connectivity index (χ4n) is 4.09. The van der Waals surface area contributed by atoms with Crippen molar-refractivity contribution >= 4 is 11.6 Å². The van der Waals surface area contributed by atoms with E-state index in [0.29, 0.717) is 5.92 Å². The quantitative estimate of drug-likeness (QED) is 0.841. The predicted molar refractivity (Wildman–Crippen MR) is 105 cm³/mol. The van der Waals surface area contributed by atoms with Gasteiger partial charge < -0.3 is 9.80 Å². The second kappa shape index (κ2) is 7.99. The number of anilines is 2. The Morgan fingerprint density at radius 3 is 2.65 bits per heavy atom. The van der Waals surface area contributed by atoms with E-state index < -0.39 is 0 Å². The highest BCUT2D eigenvalue weighted by Crippen LogP contribution is 2.23. The van der Waals surface area contributed by atoms with Crippen LogP contribution in [-0.2, 0) is 0 Å². The summed E-state index contributed by atoms with van der Waals surface area (Å²) in [5.74, 6) is 2.86. The van der Waals surface area contributed by atoms with E-state index >= 15 is 0 Å². The van der Waals surface area contributed by atoms with Gasteiger partial charge in [0.1, 0.15) is 11.6 Å². The topological polar surface area (TPSA) is 48.4 Å². The van der Waals surface area contributed by atoms with Gasteiger partial charge >= 0.3 is 0 Å². The zero-order valence-corrected chi connectivity index (χ0v) is 15.6. The zero-order valence-electron chi connectivity index (χ0n) is 15.6. The molecule has 0 saturated carbocycles. The maximum atomic E-state index is 4.66. The van der Waals surface area contributed by atoms with Crippen LogP contribution in [0.1, 0.15) is 18.5 Å². The number of piperidine rings is 1. The third kappa shape index (κ3) is 4.12. The molecule has 2 aliphatic rings. The molecule has 26 heavy (non-hydrogen) atoms. The van der Waals surface area contributed by atoms with Gasteiger partial charge in [-0.15, -0.1) is 0 Å². The van der Waals surface area contributed by atoms with Crippen LogP contribution in [0.25, 0.3) is 0 Å². The van der Waals surface area contributed by atoms with E-state index in [4.69, 9.17) is 0 Å². The Morgan fingerprint density at radius 2 is 1.88 bits per heavy atom. The standard InChI is InChI=1S/C20H28N6/c1-17-13-21-14-20(23-17)26-8-4-5-18(16-26)15-24-9-11-25(12-10-24)19-6-2-3-7-22-19/h2-3,6-7,13-14,18H,4-5,8-12,15-16H2,1H3. The first-order chi connectivity index (χ1) is 12.8. The molecule has 4 rings (SSSR count). The Labute approximate surface area is 155 Å². The lowest BCUT2D eigenvalue weighted by Gasteiger charge is -2.40. The van der Waals surface area contributed by atoms with Crippen molar-refractivity contribution in [3.63, 3.8) is 0 Å². The largest absolute Gasteiger partial charge is 0.355 e. The summed E-state index contributed by atoms with van der Waals surface area (Å²) in [5.41, 5.74) is 0.996. The Balaban J connectivity index is 1.29. The van der Waals surface area contributed by atoms with Gasteiger partial charge in [-0.05, 0) is 37.8 Å². The third-order valence-electron chi connectivity index (χ3n) is 5.45. The van der Waals surface area contributed by atoms with Crippen LogP contribution < -0.4 is 9.80 Å². The normalized spacial score (nSPS) is 21.8. The summed E-state index contributed by atoms with van der Waals surface area (Å²) in [5, 5.41) is 0. The van der Waals surface area contributed by atoms with Crippen molar-refractivity contribution in [1.29, 1.82) is 0 Å². The molecule has 1 unspecified atom stereocenters.